The maximum Gasteiger partial charge on any atom is 0.142 e. The van der Waals surface area contributed by atoms with Gasteiger partial charge >= 0.3 is 0 Å². The second kappa shape index (κ2) is 12.1. The Balaban J connectivity index is 0.000000331. The smallest absolute Gasteiger partial charge is 0.142 e. The van der Waals surface area contributed by atoms with Crippen molar-refractivity contribution in [1.29, 1.82) is 0 Å². The molecule has 1 aliphatic rings. The normalized spacial score (nSPS) is 12.3. The summed E-state index contributed by atoms with van der Waals surface area (Å²) in [6.45, 7) is 4.20. The summed E-state index contributed by atoms with van der Waals surface area (Å²) in [6.07, 6.45) is 8.87. The molecule has 0 atom stereocenters. The number of thiophene rings is 1. The maximum absolute atomic E-state index is 13.5. The van der Waals surface area contributed by atoms with Crippen molar-refractivity contribution in [3.63, 3.8) is 0 Å². The highest BCUT2D eigenvalue weighted by Gasteiger charge is 2.26. The number of aromatic nitrogens is 4. The molecule has 1 aromatic carbocycles. The fraction of sp³-hybridized carbons (Fsp3) is 0.400. The highest BCUT2D eigenvalue weighted by atomic mass is 35.5. The first-order valence-corrected chi connectivity index (χ1v) is 13.3. The van der Waals surface area contributed by atoms with E-state index in [-0.39, 0.29) is 5.02 Å². The molecule has 0 aliphatic heterocycles. The minimum atomic E-state index is -0.449. The summed E-state index contributed by atoms with van der Waals surface area (Å²) in [7, 11) is 1.68. The average Bonchev–Trinajstić information content (AvgIpc) is 3.43. The van der Waals surface area contributed by atoms with E-state index in [1.807, 2.05) is 4.68 Å². The number of nitrogens with two attached hydrogens (primary N) is 1. The van der Waals surface area contributed by atoms with Crippen LogP contribution in [0.5, 0.6) is 0 Å². The minimum absolute atomic E-state index is 0.0691. The lowest BCUT2D eigenvalue weighted by Crippen LogP contribution is -2.13. The number of halogens is 2. The number of hydrogen-bond donors (Lipinski definition) is 3. The molecule has 0 bridgehead atoms. The monoisotopic (exact) mass is 531 g/mol. The highest BCUT2D eigenvalue weighted by Crippen LogP contribution is 2.45. The number of hydroxylamine groups is 2. The van der Waals surface area contributed by atoms with Crippen molar-refractivity contribution in [3.8, 4) is 10.4 Å². The van der Waals surface area contributed by atoms with Gasteiger partial charge in [-0.15, -0.1) is 11.3 Å². The van der Waals surface area contributed by atoms with E-state index in [0.29, 0.717) is 24.6 Å². The van der Waals surface area contributed by atoms with Crippen LogP contribution in [0.4, 0.5) is 15.9 Å². The molecule has 4 aromatic rings. The van der Waals surface area contributed by atoms with Gasteiger partial charge in [-0.2, -0.15) is 10.2 Å². The fourth-order valence-corrected chi connectivity index (χ4v) is 5.57. The predicted molar refractivity (Wildman–Crippen MR) is 144 cm³/mol. The number of benzene rings is 1. The van der Waals surface area contributed by atoms with Gasteiger partial charge in [0.1, 0.15) is 22.8 Å². The number of aryl methyl sites for hydroxylation is 2. The zero-order valence-electron chi connectivity index (χ0n) is 20.5. The van der Waals surface area contributed by atoms with Gasteiger partial charge in [0.25, 0.3) is 0 Å². The number of hydrogen-bond acceptors (Lipinski definition) is 8. The molecule has 36 heavy (non-hydrogen) atoms. The first-order chi connectivity index (χ1) is 17.4. The van der Waals surface area contributed by atoms with E-state index >= 15 is 0 Å². The van der Waals surface area contributed by atoms with E-state index in [2.05, 4.69) is 33.5 Å². The molecule has 0 spiro atoms. The Morgan fingerprint density at radius 1 is 1.28 bits per heavy atom. The van der Waals surface area contributed by atoms with Crippen LogP contribution in [0.15, 0.2) is 30.7 Å². The van der Waals surface area contributed by atoms with Gasteiger partial charge in [-0.05, 0) is 43.0 Å². The molecule has 0 amide bonds. The minimum Gasteiger partial charge on any atom is -0.340 e. The zero-order valence-corrected chi connectivity index (χ0v) is 22.0. The Bertz CT molecular complexity index is 1320. The molecule has 11 heteroatoms. The Kier molecular flexibility index (Phi) is 8.86. The SMILES string of the molecule is CCCCCN(C)O.NCCn1cc2c(n1)CCc1c-2sc2ncnc(Nc3ccc(F)c(Cl)c3)c12. The summed E-state index contributed by atoms with van der Waals surface area (Å²) in [6, 6.07) is 4.53. The molecule has 3 heterocycles. The molecule has 1 aliphatic carbocycles. The van der Waals surface area contributed by atoms with E-state index in [4.69, 9.17) is 22.5 Å². The first kappa shape index (κ1) is 26.4. The number of fused-ring (bicyclic) bond motifs is 5. The third kappa shape index (κ3) is 6.01. The molecular weight excluding hydrogens is 501 g/mol. The molecule has 4 N–H and O–H groups in total. The van der Waals surface area contributed by atoms with Crippen molar-refractivity contribution < 1.29 is 9.60 Å². The van der Waals surface area contributed by atoms with E-state index < -0.39 is 5.82 Å². The Morgan fingerprint density at radius 3 is 2.83 bits per heavy atom. The van der Waals surface area contributed by atoms with Gasteiger partial charge in [0.15, 0.2) is 0 Å². The molecule has 192 valence electrons. The molecule has 3 aromatic heterocycles. The largest absolute Gasteiger partial charge is 0.340 e. The van der Waals surface area contributed by atoms with E-state index in [1.165, 1.54) is 40.7 Å². The molecule has 0 radical (unpaired) electrons. The number of nitrogens with zero attached hydrogens (tertiary/aromatic N) is 5. The summed E-state index contributed by atoms with van der Waals surface area (Å²) in [5, 5.41) is 18.8. The zero-order chi connectivity index (χ0) is 25.7. The van der Waals surface area contributed by atoms with E-state index in [1.54, 1.807) is 30.5 Å². The van der Waals surface area contributed by atoms with Crippen molar-refractivity contribution in [2.45, 2.75) is 45.6 Å². The van der Waals surface area contributed by atoms with Crippen LogP contribution in [-0.2, 0) is 19.4 Å². The van der Waals surface area contributed by atoms with Gasteiger partial charge in [0.2, 0.25) is 0 Å². The summed E-state index contributed by atoms with van der Waals surface area (Å²) in [5.74, 6) is 0.248. The first-order valence-electron chi connectivity index (χ1n) is 12.1. The van der Waals surface area contributed by atoms with E-state index in [9.17, 15) is 4.39 Å². The van der Waals surface area contributed by atoms with Crippen molar-refractivity contribution >= 4 is 44.7 Å². The van der Waals surface area contributed by atoms with Crippen LogP contribution in [0.3, 0.4) is 0 Å². The molecule has 0 saturated carbocycles. The van der Waals surface area contributed by atoms with Crippen molar-refractivity contribution in [1.82, 2.24) is 24.8 Å². The van der Waals surface area contributed by atoms with Gasteiger partial charge in [0.05, 0.1) is 22.6 Å². The number of anilines is 2. The quantitative estimate of drug-likeness (QED) is 0.199. The van der Waals surface area contributed by atoms with Crippen LogP contribution < -0.4 is 11.1 Å². The fourth-order valence-electron chi connectivity index (χ4n) is 4.17. The van der Waals surface area contributed by atoms with Crippen molar-refractivity contribution in [3.05, 3.63) is 52.8 Å². The molecule has 8 nitrogen and oxygen atoms in total. The van der Waals surface area contributed by atoms with Gasteiger partial charge in [0, 0.05) is 42.5 Å². The molecular formula is C25H31ClFN7OS. The van der Waals surface area contributed by atoms with Crippen LogP contribution in [-0.4, -0.2) is 50.2 Å². The Hall–Kier alpha value is -2.63. The van der Waals surface area contributed by atoms with Crippen LogP contribution in [0, 0.1) is 5.82 Å². The number of nitrogens with one attached hydrogen (secondary N) is 1. The van der Waals surface area contributed by atoms with E-state index in [0.717, 1.165) is 47.3 Å². The van der Waals surface area contributed by atoms with Crippen LogP contribution in [0.25, 0.3) is 20.7 Å². The summed E-state index contributed by atoms with van der Waals surface area (Å²) in [5.41, 5.74) is 9.81. The highest BCUT2D eigenvalue weighted by molar-refractivity contribution is 7.22. The maximum atomic E-state index is 13.5. The van der Waals surface area contributed by atoms with Gasteiger partial charge in [-0.3, -0.25) is 4.68 Å². The summed E-state index contributed by atoms with van der Waals surface area (Å²) >= 11 is 7.56. The van der Waals surface area contributed by atoms with Crippen LogP contribution in [0.1, 0.15) is 37.4 Å². The van der Waals surface area contributed by atoms with Crippen LogP contribution in [0.2, 0.25) is 5.02 Å². The Morgan fingerprint density at radius 2 is 2.11 bits per heavy atom. The third-order valence-corrected chi connectivity index (χ3v) is 7.37. The number of unbranched alkanes of at least 4 members (excludes halogenated alkanes) is 2. The molecule has 0 saturated heterocycles. The topological polar surface area (TPSA) is 105 Å². The lowest BCUT2D eigenvalue weighted by atomic mass is 9.95. The van der Waals surface area contributed by atoms with Gasteiger partial charge in [-0.25, -0.2) is 14.4 Å². The summed E-state index contributed by atoms with van der Waals surface area (Å²) < 4.78 is 15.4. The third-order valence-electron chi connectivity index (χ3n) is 5.91. The predicted octanol–water partition coefficient (Wildman–Crippen LogP) is 5.65. The summed E-state index contributed by atoms with van der Waals surface area (Å²) in [4.78, 5) is 11.0. The van der Waals surface area contributed by atoms with Gasteiger partial charge < -0.3 is 16.3 Å². The lowest BCUT2D eigenvalue weighted by Gasteiger charge is -2.12. The second-order valence-corrected chi connectivity index (χ2v) is 10.1. The lowest BCUT2D eigenvalue weighted by molar-refractivity contribution is -0.0655. The van der Waals surface area contributed by atoms with Crippen molar-refractivity contribution in [2.75, 3.05) is 25.5 Å². The second-order valence-electron chi connectivity index (χ2n) is 8.70. The average molecular weight is 532 g/mol. The van der Waals surface area contributed by atoms with Gasteiger partial charge in [-0.1, -0.05) is 31.4 Å². The van der Waals surface area contributed by atoms with Crippen molar-refractivity contribution in [2.24, 2.45) is 5.73 Å². The molecule has 0 unspecified atom stereocenters. The standard InChI is InChI=1S/C19H16ClFN6S.C6H15NO/c20-13-7-10(1-3-14(13)21)25-18-16-11-2-4-15-12(8-27(26-15)6-5-22)17(11)28-19(16)24-9-23-18;1-3-4-5-6-7(2)8/h1,3,7-9H,2,4-6,22H2,(H,23,24,25);8H,3-6H2,1-2H3. The van der Waals surface area contributed by atoms with Crippen LogP contribution >= 0.6 is 22.9 Å². The molecule has 5 rings (SSSR count). The number of rotatable bonds is 8. The molecule has 0 fully saturated rings. The Labute approximate surface area is 218 Å².